The van der Waals surface area contributed by atoms with Gasteiger partial charge in [0, 0.05) is 47.1 Å². The van der Waals surface area contributed by atoms with Crippen molar-refractivity contribution in [1.29, 1.82) is 0 Å². The van der Waals surface area contributed by atoms with Crippen molar-refractivity contribution in [3.05, 3.63) is 128 Å². The number of benzene rings is 3. The summed E-state index contributed by atoms with van der Waals surface area (Å²) in [6.07, 6.45) is 2.59. The topological polar surface area (TPSA) is 80.7 Å². The quantitative estimate of drug-likeness (QED) is 0.112. The summed E-state index contributed by atoms with van der Waals surface area (Å²) in [6, 6.07) is 24.4. The minimum atomic E-state index is -0.408. The molecule has 2 aromatic heterocycles. The smallest absolute Gasteiger partial charge is 0.269 e. The second-order valence-corrected chi connectivity index (χ2v) is 11.3. The van der Waals surface area contributed by atoms with E-state index in [1.165, 1.54) is 36.0 Å². The second-order valence-electron chi connectivity index (χ2n) is 9.38. The Morgan fingerprint density at radius 2 is 1.82 bits per heavy atom. The molecular formula is C30H23FN4O3S2. The van der Waals surface area contributed by atoms with Crippen molar-refractivity contribution in [2.75, 3.05) is 5.75 Å². The first-order valence-corrected chi connectivity index (χ1v) is 14.5. The van der Waals surface area contributed by atoms with E-state index in [4.69, 9.17) is 5.10 Å². The Kier molecular flexibility index (Phi) is 7.19. The number of nitro benzene ring substituents is 1. The highest BCUT2D eigenvalue weighted by molar-refractivity contribution is 8.00. The maximum Gasteiger partial charge on any atom is 0.269 e. The van der Waals surface area contributed by atoms with Crippen LogP contribution in [0.1, 0.15) is 28.5 Å². The third kappa shape index (κ3) is 5.28. The molecular weight excluding hydrogens is 547 g/mol. The van der Waals surface area contributed by atoms with E-state index in [2.05, 4.69) is 4.57 Å². The van der Waals surface area contributed by atoms with Crippen molar-refractivity contribution in [3.8, 4) is 0 Å². The molecule has 6 rings (SSSR count). The summed E-state index contributed by atoms with van der Waals surface area (Å²) >= 11 is 3.03. The van der Waals surface area contributed by atoms with Crippen LogP contribution in [-0.4, -0.2) is 31.9 Å². The number of fused-ring (bicyclic) bond motifs is 1. The third-order valence-electron chi connectivity index (χ3n) is 6.83. The number of amides is 1. The number of non-ortho nitro benzene ring substituents is 1. The number of thiophene rings is 1. The molecule has 1 aliphatic heterocycles. The van der Waals surface area contributed by atoms with Crippen LogP contribution in [0, 0.1) is 15.9 Å². The van der Waals surface area contributed by atoms with Crippen LogP contribution < -0.4 is 0 Å². The number of carbonyl (C=O) groups excluding carboxylic acids is 1. The summed E-state index contributed by atoms with van der Waals surface area (Å²) in [5, 5.41) is 20.3. The highest BCUT2D eigenvalue weighted by atomic mass is 32.2. The Bertz CT molecular complexity index is 1710. The lowest BCUT2D eigenvalue weighted by Crippen LogP contribution is -2.28. The van der Waals surface area contributed by atoms with E-state index in [0.29, 0.717) is 13.0 Å². The van der Waals surface area contributed by atoms with Crippen molar-refractivity contribution in [2.24, 2.45) is 5.10 Å². The summed E-state index contributed by atoms with van der Waals surface area (Å²) in [4.78, 5) is 26.2. The Labute approximate surface area is 237 Å². The molecule has 1 atom stereocenters. The number of hydrazone groups is 1. The number of nitro groups is 1. The van der Waals surface area contributed by atoms with Crippen molar-refractivity contribution in [1.82, 2.24) is 9.58 Å². The summed E-state index contributed by atoms with van der Waals surface area (Å²) in [5.41, 5.74) is 3.70. The normalized spacial score (nSPS) is 15.0. The van der Waals surface area contributed by atoms with Gasteiger partial charge in [0.05, 0.1) is 27.3 Å². The number of hydrogen-bond donors (Lipinski definition) is 0. The number of hydrogen-bond acceptors (Lipinski definition) is 6. The van der Waals surface area contributed by atoms with Crippen LogP contribution in [0.25, 0.3) is 10.9 Å². The van der Waals surface area contributed by atoms with Crippen LogP contribution in [0.15, 0.2) is 107 Å². The Hall–Kier alpha value is -4.28. The van der Waals surface area contributed by atoms with Gasteiger partial charge in [0.2, 0.25) is 0 Å². The number of para-hydroxylation sites is 1. The van der Waals surface area contributed by atoms with Gasteiger partial charge < -0.3 is 4.57 Å². The summed E-state index contributed by atoms with van der Waals surface area (Å²) < 4.78 is 15.7. The lowest BCUT2D eigenvalue weighted by Gasteiger charge is -2.22. The Morgan fingerprint density at radius 3 is 2.55 bits per heavy atom. The van der Waals surface area contributed by atoms with Gasteiger partial charge in [-0.1, -0.05) is 48.5 Å². The van der Waals surface area contributed by atoms with E-state index in [1.807, 2.05) is 48.0 Å². The van der Waals surface area contributed by atoms with Gasteiger partial charge in [-0.15, -0.1) is 23.1 Å². The molecule has 0 spiro atoms. The summed E-state index contributed by atoms with van der Waals surface area (Å²) in [6.45, 7) is 0.542. The SMILES string of the molecule is O=C(CSc1cn(Cc2ccc([N+](=O)[O-])cc2)c2ccccc12)N1N=C(c2cccs2)CC1c1ccc(F)cc1. The Morgan fingerprint density at radius 1 is 1.05 bits per heavy atom. The van der Waals surface area contributed by atoms with Crippen LogP contribution in [-0.2, 0) is 11.3 Å². The van der Waals surface area contributed by atoms with Crippen LogP contribution >= 0.6 is 23.1 Å². The molecule has 5 aromatic rings. The van der Waals surface area contributed by atoms with Crippen molar-refractivity contribution in [3.63, 3.8) is 0 Å². The monoisotopic (exact) mass is 570 g/mol. The first-order chi connectivity index (χ1) is 19.5. The van der Waals surface area contributed by atoms with E-state index in [1.54, 1.807) is 40.6 Å². The predicted octanol–water partition coefficient (Wildman–Crippen LogP) is 7.27. The maximum atomic E-state index is 13.6. The molecule has 0 N–H and O–H groups in total. The number of nitrogens with zero attached hydrogens (tertiary/aromatic N) is 4. The zero-order valence-corrected chi connectivity index (χ0v) is 22.8. The number of carbonyl (C=O) groups is 1. The minimum absolute atomic E-state index is 0.0571. The molecule has 0 bridgehead atoms. The first-order valence-electron chi connectivity index (χ1n) is 12.6. The van der Waals surface area contributed by atoms with Crippen molar-refractivity contribution >= 4 is 51.3 Å². The van der Waals surface area contributed by atoms with Crippen molar-refractivity contribution < 1.29 is 14.1 Å². The number of aromatic nitrogens is 1. The van der Waals surface area contributed by atoms with Gasteiger partial charge in [-0.3, -0.25) is 14.9 Å². The summed E-state index contributed by atoms with van der Waals surface area (Å²) in [7, 11) is 0. The highest BCUT2D eigenvalue weighted by Gasteiger charge is 2.33. The molecule has 0 saturated heterocycles. The molecule has 3 heterocycles. The van der Waals surface area contributed by atoms with Gasteiger partial charge in [0.25, 0.3) is 11.6 Å². The largest absolute Gasteiger partial charge is 0.342 e. The van der Waals surface area contributed by atoms with Gasteiger partial charge in [-0.05, 0) is 40.8 Å². The lowest BCUT2D eigenvalue weighted by atomic mass is 10.0. The first kappa shape index (κ1) is 26.0. The highest BCUT2D eigenvalue weighted by Crippen LogP contribution is 2.36. The zero-order chi connectivity index (χ0) is 27.6. The zero-order valence-electron chi connectivity index (χ0n) is 21.1. The molecule has 1 amide bonds. The van der Waals surface area contributed by atoms with Crippen LogP contribution in [0.3, 0.4) is 0 Å². The fraction of sp³-hybridized carbons (Fsp3) is 0.133. The van der Waals surface area contributed by atoms with E-state index in [-0.39, 0.29) is 29.2 Å². The molecule has 3 aromatic carbocycles. The average molecular weight is 571 g/mol. The predicted molar refractivity (Wildman–Crippen MR) is 156 cm³/mol. The van der Waals surface area contributed by atoms with Crippen LogP contribution in [0.2, 0.25) is 0 Å². The molecule has 1 aliphatic rings. The minimum Gasteiger partial charge on any atom is -0.342 e. The standard InChI is InChI=1S/C30H23FN4O3S2/c31-22-11-9-21(10-12-22)27-16-25(28-6-3-15-39-28)32-34(27)30(36)19-40-29-18-33(26-5-2-1-4-24(26)29)17-20-7-13-23(14-8-20)35(37)38/h1-15,18,27H,16-17,19H2. The maximum absolute atomic E-state index is 13.6. The molecule has 0 saturated carbocycles. The number of thioether (sulfide) groups is 1. The third-order valence-corrected chi connectivity index (χ3v) is 8.78. The van der Waals surface area contributed by atoms with Crippen LogP contribution in [0.4, 0.5) is 10.1 Å². The van der Waals surface area contributed by atoms with Crippen LogP contribution in [0.5, 0.6) is 0 Å². The summed E-state index contributed by atoms with van der Waals surface area (Å²) in [5.74, 6) is -0.262. The number of halogens is 1. The fourth-order valence-electron chi connectivity index (χ4n) is 4.86. The van der Waals surface area contributed by atoms with Gasteiger partial charge in [0.15, 0.2) is 0 Å². The Balaban J connectivity index is 1.23. The van der Waals surface area contributed by atoms with Gasteiger partial charge in [-0.25, -0.2) is 9.40 Å². The molecule has 7 nitrogen and oxygen atoms in total. The average Bonchev–Trinajstić information content (AvgIpc) is 3.72. The molecule has 200 valence electrons. The van der Waals surface area contributed by atoms with Gasteiger partial charge in [-0.2, -0.15) is 5.10 Å². The molecule has 10 heteroatoms. The molecule has 1 unspecified atom stereocenters. The lowest BCUT2D eigenvalue weighted by molar-refractivity contribution is -0.384. The molecule has 0 radical (unpaired) electrons. The molecule has 40 heavy (non-hydrogen) atoms. The van der Waals surface area contributed by atoms with Gasteiger partial charge in [0.1, 0.15) is 5.82 Å². The van der Waals surface area contributed by atoms with E-state index < -0.39 is 4.92 Å². The van der Waals surface area contributed by atoms with E-state index in [0.717, 1.165) is 37.5 Å². The van der Waals surface area contributed by atoms with E-state index >= 15 is 0 Å². The van der Waals surface area contributed by atoms with Crippen molar-refractivity contribution in [2.45, 2.75) is 23.9 Å². The van der Waals surface area contributed by atoms with Gasteiger partial charge >= 0.3 is 0 Å². The molecule has 0 fully saturated rings. The molecule has 0 aliphatic carbocycles. The fourth-order valence-corrected chi connectivity index (χ4v) is 6.52. The van der Waals surface area contributed by atoms with E-state index in [9.17, 15) is 19.3 Å². The second kappa shape index (κ2) is 11.1. The number of rotatable bonds is 8.